The van der Waals surface area contributed by atoms with Crippen LogP contribution in [0.5, 0.6) is 0 Å². The minimum Gasteiger partial charge on any atom is -0.0835 e. The molecule has 0 nitrogen and oxygen atoms in total. The Morgan fingerprint density at radius 3 is 1.46 bits per heavy atom. The molecule has 0 radical (unpaired) electrons. The molecular weight excluding hydrogens is 712 g/mol. The van der Waals surface area contributed by atoms with E-state index in [0.29, 0.717) is 42.1 Å². The Balaban J connectivity index is 1.14. The van der Waals surface area contributed by atoms with Crippen LogP contribution in [-0.2, 0) is 18.3 Å². The molecule has 48 heavy (non-hydrogen) atoms. The van der Waals surface area contributed by atoms with Gasteiger partial charge in [0.1, 0.15) is 0 Å². The van der Waals surface area contributed by atoms with Crippen LogP contribution in [0.3, 0.4) is 0 Å². The van der Waals surface area contributed by atoms with Gasteiger partial charge in [0.15, 0.2) is 0 Å². The van der Waals surface area contributed by atoms with Crippen LogP contribution in [0.1, 0.15) is 142 Å². The third-order valence-corrected chi connectivity index (χ3v) is 16.9. The zero-order valence-corrected chi connectivity index (χ0v) is 33.1. The van der Waals surface area contributed by atoms with Gasteiger partial charge in [0.05, 0.1) is 0 Å². The lowest BCUT2D eigenvalue weighted by atomic mass is 9.26. The quantitative estimate of drug-likeness (QED) is 0.200. The second kappa shape index (κ2) is 10.8. The van der Waals surface area contributed by atoms with Crippen LogP contribution in [0.4, 0.5) is 0 Å². The van der Waals surface area contributed by atoms with Gasteiger partial charge in [-0.2, -0.15) is 0 Å². The van der Waals surface area contributed by atoms with Crippen molar-refractivity contribution in [2.75, 3.05) is 0 Å². The molecular formula is C46H56Br2. The average Bonchev–Trinajstić information content (AvgIpc) is 2.98. The van der Waals surface area contributed by atoms with Gasteiger partial charge in [-0.05, 0) is 162 Å². The van der Waals surface area contributed by atoms with Gasteiger partial charge in [-0.3, -0.25) is 0 Å². The number of hydrogen-bond donors (Lipinski definition) is 0. The van der Waals surface area contributed by atoms with E-state index in [4.69, 9.17) is 0 Å². The van der Waals surface area contributed by atoms with E-state index in [1.54, 1.807) is 5.56 Å². The van der Waals surface area contributed by atoms with Crippen molar-refractivity contribution in [1.29, 1.82) is 0 Å². The van der Waals surface area contributed by atoms with Crippen molar-refractivity contribution in [3.05, 3.63) is 107 Å². The summed E-state index contributed by atoms with van der Waals surface area (Å²) in [6, 6.07) is 30.1. The summed E-state index contributed by atoms with van der Waals surface area (Å²) in [6.07, 6.45) is 19.8. The number of alkyl halides is 2. The highest BCUT2D eigenvalue weighted by molar-refractivity contribution is 9.09. The molecule has 6 atom stereocenters. The van der Waals surface area contributed by atoms with Crippen molar-refractivity contribution in [2.45, 2.75) is 133 Å². The Labute approximate surface area is 307 Å². The van der Waals surface area contributed by atoms with Crippen molar-refractivity contribution in [1.82, 2.24) is 0 Å². The molecule has 0 N–H and O–H groups in total. The van der Waals surface area contributed by atoms with Crippen molar-refractivity contribution in [3.8, 4) is 0 Å². The second-order valence-electron chi connectivity index (χ2n) is 20.4. The fourth-order valence-electron chi connectivity index (χ4n) is 15.9. The maximum atomic E-state index is 4.14. The molecule has 0 amide bonds. The zero-order chi connectivity index (χ0) is 33.2. The van der Waals surface area contributed by atoms with Gasteiger partial charge in [-0.1, -0.05) is 138 Å². The topological polar surface area (TPSA) is 0 Å². The first-order valence-electron chi connectivity index (χ1n) is 19.2. The van der Waals surface area contributed by atoms with Crippen LogP contribution < -0.4 is 0 Å². The van der Waals surface area contributed by atoms with E-state index in [1.807, 2.05) is 0 Å². The smallest absolute Gasteiger partial charge is 0.0435 e. The van der Waals surface area contributed by atoms with E-state index >= 15 is 0 Å². The summed E-state index contributed by atoms with van der Waals surface area (Å²) in [7, 11) is 0. The van der Waals surface area contributed by atoms with E-state index < -0.39 is 0 Å². The highest BCUT2D eigenvalue weighted by Gasteiger charge is 2.74. The number of hydrogen-bond acceptors (Lipinski definition) is 0. The molecule has 8 fully saturated rings. The SMILES string of the molecule is CC12CC3CC(C)(C1)CC(C14CC5(C)CC(C)(CC(c6cc(CC(Br)c7ccccc7)cc(CC(Br)c7ccccc7)c6)(C5)C1)C4)(C3)C2. The maximum absolute atomic E-state index is 4.14. The molecule has 8 saturated carbocycles. The molecule has 2 heteroatoms. The standard InChI is InChI=1S/C46H56Br2/c1-40-20-34-21-41(2,23-40)28-45(22-34,27-40)46-29-42(3)24-43(4,30-46)26-44(25-42,31-46)37-16-32(18-38(47)35-11-7-5-8-12-35)15-33(17-37)19-39(48)36-13-9-6-10-14-36/h5-17,34,38-39H,18-31H2,1-4H3. The first-order chi connectivity index (χ1) is 22.7. The highest BCUT2D eigenvalue weighted by Crippen LogP contribution is 2.83. The Hall–Kier alpha value is -1.38. The molecule has 254 valence electrons. The van der Waals surface area contributed by atoms with Gasteiger partial charge in [0.25, 0.3) is 0 Å². The van der Waals surface area contributed by atoms with Crippen LogP contribution >= 0.6 is 31.9 Å². The fourth-order valence-corrected chi connectivity index (χ4v) is 17.2. The average molecular weight is 769 g/mol. The summed E-state index contributed by atoms with van der Waals surface area (Å²) >= 11 is 8.28. The third-order valence-electron chi connectivity index (χ3n) is 15.2. The molecule has 0 saturated heterocycles. The summed E-state index contributed by atoms with van der Waals surface area (Å²) in [5.74, 6) is 0.971. The van der Waals surface area contributed by atoms with Crippen molar-refractivity contribution in [3.63, 3.8) is 0 Å². The van der Waals surface area contributed by atoms with Crippen LogP contribution in [0.15, 0.2) is 78.9 Å². The molecule has 11 rings (SSSR count). The Kier molecular flexibility index (Phi) is 7.33. The molecule has 6 unspecified atom stereocenters. The number of halogens is 2. The number of benzene rings is 3. The zero-order valence-electron chi connectivity index (χ0n) is 29.9. The van der Waals surface area contributed by atoms with Gasteiger partial charge < -0.3 is 0 Å². The van der Waals surface area contributed by atoms with E-state index in [9.17, 15) is 0 Å². The van der Waals surface area contributed by atoms with Gasteiger partial charge in [-0.25, -0.2) is 0 Å². The summed E-state index contributed by atoms with van der Waals surface area (Å²) in [5.41, 5.74) is 10.9. The fraction of sp³-hybridized carbons (Fsp3) is 0.609. The van der Waals surface area contributed by atoms with Crippen LogP contribution in [0.2, 0.25) is 0 Å². The lowest BCUT2D eigenvalue weighted by Crippen LogP contribution is -2.69. The highest BCUT2D eigenvalue weighted by atomic mass is 79.9. The molecule has 0 heterocycles. The van der Waals surface area contributed by atoms with Gasteiger partial charge in [0, 0.05) is 9.65 Å². The molecule has 0 aromatic heterocycles. The molecule has 3 aromatic carbocycles. The van der Waals surface area contributed by atoms with Crippen LogP contribution in [0.25, 0.3) is 0 Å². The Morgan fingerprint density at radius 1 is 0.521 bits per heavy atom. The lowest BCUT2D eigenvalue weighted by molar-refractivity contribution is -0.270. The minimum atomic E-state index is 0.289. The summed E-state index contributed by atoms with van der Waals surface area (Å²) < 4.78 is 0. The number of rotatable bonds is 8. The lowest BCUT2D eigenvalue weighted by Gasteiger charge is -2.78. The summed E-state index contributed by atoms with van der Waals surface area (Å²) in [6.45, 7) is 10.9. The Bertz CT molecular complexity index is 1600. The van der Waals surface area contributed by atoms with Gasteiger partial charge >= 0.3 is 0 Å². The van der Waals surface area contributed by atoms with Gasteiger partial charge in [-0.15, -0.1) is 0 Å². The normalized spacial score (nSPS) is 43.4. The van der Waals surface area contributed by atoms with E-state index in [2.05, 4.69) is 138 Å². The monoisotopic (exact) mass is 766 g/mol. The van der Waals surface area contributed by atoms with E-state index in [0.717, 1.165) is 18.8 Å². The van der Waals surface area contributed by atoms with E-state index in [1.165, 1.54) is 99.3 Å². The molecule has 3 aromatic rings. The minimum absolute atomic E-state index is 0.289. The maximum Gasteiger partial charge on any atom is 0.0435 e. The largest absolute Gasteiger partial charge is 0.0835 e. The van der Waals surface area contributed by atoms with Crippen molar-refractivity contribution < 1.29 is 0 Å². The first-order valence-corrected chi connectivity index (χ1v) is 21.1. The Morgan fingerprint density at radius 2 is 0.979 bits per heavy atom. The molecule has 0 aliphatic heterocycles. The summed E-state index contributed by atoms with van der Waals surface area (Å²) in [4.78, 5) is 0.642. The van der Waals surface area contributed by atoms with Crippen molar-refractivity contribution in [2.24, 2.45) is 38.4 Å². The summed E-state index contributed by atoms with van der Waals surface area (Å²) in [5, 5.41) is 0. The predicted molar refractivity (Wildman–Crippen MR) is 208 cm³/mol. The molecule has 8 aliphatic carbocycles. The van der Waals surface area contributed by atoms with Crippen molar-refractivity contribution >= 4 is 31.9 Å². The van der Waals surface area contributed by atoms with Gasteiger partial charge in [0.2, 0.25) is 0 Å². The van der Waals surface area contributed by atoms with Crippen LogP contribution in [-0.4, -0.2) is 0 Å². The molecule has 8 aliphatic rings. The second-order valence-corrected chi connectivity index (χ2v) is 22.6. The molecule has 8 bridgehead atoms. The third kappa shape index (κ3) is 5.30. The predicted octanol–water partition coefficient (Wildman–Crippen LogP) is 13.7. The first kappa shape index (κ1) is 32.5. The van der Waals surface area contributed by atoms with E-state index in [-0.39, 0.29) is 5.41 Å². The van der Waals surface area contributed by atoms with Crippen LogP contribution in [0, 0.1) is 38.4 Å². The molecule has 0 spiro atoms.